The molecule has 35 heavy (non-hydrogen) atoms. The molecule has 2 heterocycles. The van der Waals surface area contributed by atoms with Crippen molar-refractivity contribution in [1.29, 1.82) is 0 Å². The van der Waals surface area contributed by atoms with Gasteiger partial charge in [0.15, 0.2) is 12.6 Å². The van der Waals surface area contributed by atoms with Gasteiger partial charge in [0.05, 0.1) is 19.3 Å². The van der Waals surface area contributed by atoms with Crippen LogP contribution in [-0.2, 0) is 18.9 Å². The average molecular weight is 511 g/mol. The highest BCUT2D eigenvalue weighted by Gasteiger charge is 2.51. The third kappa shape index (κ3) is 8.54. The Bertz CT molecular complexity index is 564. The number of hydrogen-bond acceptors (Lipinski definition) is 11. The Morgan fingerprint density at radius 3 is 1.86 bits per heavy atom. The van der Waals surface area contributed by atoms with Crippen LogP contribution in [0.2, 0.25) is 0 Å². The minimum absolute atomic E-state index is 0.180. The van der Waals surface area contributed by atoms with Crippen molar-refractivity contribution in [3.05, 3.63) is 0 Å². The maximum Gasteiger partial charge on any atom is 0.187 e. The Balaban J connectivity index is 1.98. The molecule has 0 aromatic carbocycles. The van der Waals surface area contributed by atoms with Crippen LogP contribution in [-0.4, -0.2) is 116 Å². The highest BCUT2D eigenvalue weighted by Crippen LogP contribution is 2.30. The summed E-state index contributed by atoms with van der Waals surface area (Å²) in [6, 6.07) is 0. The van der Waals surface area contributed by atoms with Gasteiger partial charge in [0.25, 0.3) is 0 Å². The van der Waals surface area contributed by atoms with Gasteiger partial charge in [-0.2, -0.15) is 0 Å². The third-order valence-corrected chi connectivity index (χ3v) is 6.78. The van der Waals surface area contributed by atoms with E-state index in [0.717, 1.165) is 38.5 Å². The molecule has 208 valence electrons. The van der Waals surface area contributed by atoms with E-state index in [4.69, 9.17) is 18.9 Å². The highest BCUT2D eigenvalue weighted by molar-refractivity contribution is 4.94. The molecule has 11 unspecified atom stereocenters. The normalized spacial score (nSPS) is 39.0. The van der Waals surface area contributed by atoms with Crippen LogP contribution in [0.25, 0.3) is 0 Å². The van der Waals surface area contributed by atoms with Crippen molar-refractivity contribution in [2.75, 3.05) is 13.2 Å². The second-order valence-electron chi connectivity index (χ2n) is 9.61. The van der Waals surface area contributed by atoms with Crippen molar-refractivity contribution >= 4 is 0 Å². The predicted molar refractivity (Wildman–Crippen MR) is 124 cm³/mol. The molecule has 0 aromatic rings. The number of hydrogen-bond donors (Lipinski definition) is 7. The van der Waals surface area contributed by atoms with Gasteiger partial charge >= 0.3 is 0 Å². The van der Waals surface area contributed by atoms with Gasteiger partial charge in [0.1, 0.15) is 48.8 Å². The Morgan fingerprint density at radius 2 is 1.23 bits per heavy atom. The molecule has 2 aliphatic rings. The van der Waals surface area contributed by atoms with Crippen LogP contribution in [0, 0.1) is 0 Å². The summed E-state index contributed by atoms with van der Waals surface area (Å²) in [6.07, 6.45) is -5.30. The van der Waals surface area contributed by atoms with Crippen molar-refractivity contribution in [3.8, 4) is 0 Å². The quantitative estimate of drug-likeness (QED) is 0.142. The third-order valence-electron chi connectivity index (χ3n) is 6.78. The maximum atomic E-state index is 10.8. The fraction of sp³-hybridized carbons (Fsp3) is 1.00. The Labute approximate surface area is 207 Å². The van der Waals surface area contributed by atoms with Gasteiger partial charge in [-0.3, -0.25) is 0 Å². The van der Waals surface area contributed by atoms with Crippen molar-refractivity contribution in [2.24, 2.45) is 0 Å². The first-order valence-electron chi connectivity index (χ1n) is 13.0. The first-order valence-corrected chi connectivity index (χ1v) is 13.0. The molecule has 0 radical (unpaired) electrons. The van der Waals surface area contributed by atoms with E-state index < -0.39 is 74.6 Å². The molecular weight excluding hydrogens is 464 g/mol. The lowest BCUT2D eigenvalue weighted by Gasteiger charge is -2.46. The topological polar surface area (TPSA) is 179 Å². The molecule has 0 saturated carbocycles. The summed E-state index contributed by atoms with van der Waals surface area (Å²) in [5.41, 5.74) is 0. The van der Waals surface area contributed by atoms with Crippen LogP contribution in [0.4, 0.5) is 0 Å². The first-order chi connectivity index (χ1) is 16.8. The lowest BCUT2D eigenvalue weighted by Crippen LogP contribution is -2.64. The molecule has 2 fully saturated rings. The molecule has 7 N–H and O–H groups in total. The second-order valence-corrected chi connectivity index (χ2v) is 9.61. The molecule has 0 amide bonds. The number of aliphatic hydroxyl groups excluding tert-OH is 7. The highest BCUT2D eigenvalue weighted by atomic mass is 16.7. The average Bonchev–Trinajstić information content (AvgIpc) is 2.85. The van der Waals surface area contributed by atoms with Gasteiger partial charge < -0.3 is 54.7 Å². The lowest BCUT2D eigenvalue weighted by atomic mass is 9.97. The maximum absolute atomic E-state index is 10.8. The molecule has 0 aromatic heterocycles. The number of aliphatic hydroxyl groups is 7. The molecule has 11 nitrogen and oxygen atoms in total. The molecular formula is C24H46O11. The van der Waals surface area contributed by atoms with E-state index in [1.54, 1.807) is 0 Å². The molecule has 2 aliphatic heterocycles. The van der Waals surface area contributed by atoms with E-state index in [1.165, 1.54) is 19.3 Å². The number of ether oxygens (including phenoxy) is 4. The minimum Gasteiger partial charge on any atom is -0.394 e. The van der Waals surface area contributed by atoms with Crippen LogP contribution in [0.5, 0.6) is 0 Å². The van der Waals surface area contributed by atoms with Gasteiger partial charge in [-0.25, -0.2) is 0 Å². The summed E-state index contributed by atoms with van der Waals surface area (Å²) < 4.78 is 22.7. The largest absolute Gasteiger partial charge is 0.394 e. The molecule has 0 bridgehead atoms. The molecule has 0 aliphatic carbocycles. The summed E-state index contributed by atoms with van der Waals surface area (Å²) in [4.78, 5) is 0. The molecule has 2 saturated heterocycles. The van der Waals surface area contributed by atoms with Gasteiger partial charge in [-0.15, -0.1) is 0 Å². The first kappa shape index (κ1) is 30.8. The van der Waals surface area contributed by atoms with Gasteiger partial charge in [-0.1, -0.05) is 58.8 Å². The van der Waals surface area contributed by atoms with E-state index in [9.17, 15) is 35.7 Å². The van der Waals surface area contributed by atoms with Gasteiger partial charge in [-0.05, 0) is 12.8 Å². The zero-order valence-corrected chi connectivity index (χ0v) is 20.9. The van der Waals surface area contributed by atoms with Gasteiger partial charge in [0, 0.05) is 0 Å². The smallest absolute Gasteiger partial charge is 0.187 e. The Morgan fingerprint density at radius 1 is 0.629 bits per heavy atom. The van der Waals surface area contributed by atoms with Gasteiger partial charge in [0.2, 0.25) is 0 Å². The predicted octanol–water partition coefficient (Wildman–Crippen LogP) is -0.454. The van der Waals surface area contributed by atoms with E-state index >= 15 is 0 Å². The van der Waals surface area contributed by atoms with Crippen molar-refractivity contribution in [1.82, 2.24) is 0 Å². The van der Waals surface area contributed by atoms with E-state index in [2.05, 4.69) is 6.92 Å². The molecule has 2 rings (SSSR count). The van der Waals surface area contributed by atoms with Crippen LogP contribution in [0.1, 0.15) is 71.6 Å². The molecule has 11 heteroatoms. The monoisotopic (exact) mass is 510 g/mol. The zero-order chi connectivity index (χ0) is 26.0. The van der Waals surface area contributed by atoms with E-state index in [0.29, 0.717) is 0 Å². The standard InChI is InChI=1S/C24H46O11/c1-3-5-6-7-8-9-11-14(10-4-2)32-23-21(31)19(29)22(16(13-26)34-23)35-24-20(30)18(28)17(27)15(12-25)33-24/h14-31H,3-13H2,1-2H3. The zero-order valence-electron chi connectivity index (χ0n) is 20.9. The Hall–Kier alpha value is -0.440. The Kier molecular flexibility index (Phi) is 13.8. The summed E-state index contributed by atoms with van der Waals surface area (Å²) in [6.45, 7) is 2.98. The lowest BCUT2D eigenvalue weighted by molar-refractivity contribution is -0.363. The number of rotatable bonds is 15. The summed E-state index contributed by atoms with van der Waals surface area (Å²) in [5, 5.41) is 70.8. The van der Waals surface area contributed by atoms with Crippen LogP contribution < -0.4 is 0 Å². The van der Waals surface area contributed by atoms with E-state index in [1.807, 2.05) is 6.92 Å². The van der Waals surface area contributed by atoms with E-state index in [-0.39, 0.29) is 6.10 Å². The minimum atomic E-state index is -1.70. The van der Waals surface area contributed by atoms with Crippen LogP contribution in [0.15, 0.2) is 0 Å². The fourth-order valence-corrected chi connectivity index (χ4v) is 4.61. The second kappa shape index (κ2) is 15.7. The fourth-order valence-electron chi connectivity index (χ4n) is 4.61. The van der Waals surface area contributed by atoms with Crippen molar-refractivity contribution in [2.45, 2.75) is 139 Å². The SMILES string of the molecule is CCCCCCCCC(CCC)OC1OC(CO)C(OC2OC(CO)C(O)C(O)C2O)C(O)C1O. The van der Waals surface area contributed by atoms with Crippen molar-refractivity contribution < 1.29 is 54.7 Å². The number of unbranched alkanes of at least 4 members (excludes halogenated alkanes) is 5. The molecule has 0 spiro atoms. The van der Waals surface area contributed by atoms with Crippen LogP contribution in [0.3, 0.4) is 0 Å². The molecule has 11 atom stereocenters. The summed E-state index contributed by atoms with van der Waals surface area (Å²) >= 11 is 0. The summed E-state index contributed by atoms with van der Waals surface area (Å²) in [7, 11) is 0. The van der Waals surface area contributed by atoms with Crippen LogP contribution >= 0.6 is 0 Å². The summed E-state index contributed by atoms with van der Waals surface area (Å²) in [5.74, 6) is 0. The van der Waals surface area contributed by atoms with Crippen molar-refractivity contribution in [3.63, 3.8) is 0 Å².